The van der Waals surface area contributed by atoms with Gasteiger partial charge < -0.3 is 5.73 Å². The lowest BCUT2D eigenvalue weighted by Crippen LogP contribution is -2.02. The average Bonchev–Trinajstić information content (AvgIpc) is 2.37. The number of nitrogens with two attached hydrogens (primary N) is 1. The summed E-state index contributed by atoms with van der Waals surface area (Å²) >= 11 is 0. The average molecular weight is 153 g/mol. The first-order chi connectivity index (χ1) is 5.33. The zero-order valence-electron chi connectivity index (χ0n) is 5.66. The van der Waals surface area contributed by atoms with E-state index in [1.165, 1.54) is 0 Å². The van der Waals surface area contributed by atoms with Crippen LogP contribution < -0.4 is 11.2 Å². The van der Waals surface area contributed by atoms with E-state index in [-0.39, 0.29) is 18.5 Å². The summed E-state index contributed by atoms with van der Waals surface area (Å²) in [7, 11) is 0. The molecule has 0 saturated carbocycles. The van der Waals surface area contributed by atoms with Gasteiger partial charge in [-0.25, -0.2) is 10.6 Å². The van der Waals surface area contributed by atoms with Gasteiger partial charge in [-0.05, 0) is 0 Å². The van der Waals surface area contributed by atoms with Crippen LogP contribution in [0.25, 0.3) is 0 Å². The fourth-order valence-corrected chi connectivity index (χ4v) is 0.462. The molecule has 0 aromatic carbocycles. The van der Waals surface area contributed by atoms with Crippen LogP contribution >= 0.6 is 0 Å². The van der Waals surface area contributed by atoms with Gasteiger partial charge in [-0.3, -0.25) is 4.84 Å². The number of anilines is 2. The van der Waals surface area contributed by atoms with Crippen molar-refractivity contribution in [1.82, 2.24) is 15.2 Å². The van der Waals surface area contributed by atoms with Gasteiger partial charge in [0.1, 0.15) is 6.61 Å². The van der Waals surface area contributed by atoms with Gasteiger partial charge in [0.05, 0.1) is 0 Å². The van der Waals surface area contributed by atoms with Crippen LogP contribution in [0.1, 0.15) is 0 Å². The molecule has 0 aliphatic rings. The minimum Gasteiger partial charge on any atom is -0.368 e. The molecule has 0 aliphatic heterocycles. The van der Waals surface area contributed by atoms with E-state index in [2.05, 4.69) is 26.6 Å². The Morgan fingerprint density at radius 2 is 2.64 bits per heavy atom. The highest BCUT2D eigenvalue weighted by molar-refractivity contribution is 5.27. The van der Waals surface area contributed by atoms with Crippen LogP contribution in [-0.2, 0) is 4.84 Å². The first-order valence-corrected chi connectivity index (χ1v) is 2.82. The molecule has 0 amide bonds. The van der Waals surface area contributed by atoms with Crippen molar-refractivity contribution in [3.05, 3.63) is 0 Å². The van der Waals surface area contributed by atoms with E-state index in [0.717, 1.165) is 0 Å². The molecular weight excluding hydrogens is 146 g/mol. The van der Waals surface area contributed by atoms with Crippen LogP contribution in [0.3, 0.4) is 0 Å². The molecule has 58 valence electrons. The van der Waals surface area contributed by atoms with Crippen molar-refractivity contribution in [1.29, 1.82) is 0 Å². The number of nitrogen functional groups attached to an aromatic ring is 1. The molecule has 0 saturated heterocycles. The lowest BCUT2D eigenvalue weighted by atomic mass is 10.8. The summed E-state index contributed by atoms with van der Waals surface area (Å²) < 4.78 is 0. The quantitative estimate of drug-likeness (QED) is 0.305. The maximum atomic E-state index is 5.22. The third-order valence-electron chi connectivity index (χ3n) is 0.822. The molecule has 6 nitrogen and oxygen atoms in total. The van der Waals surface area contributed by atoms with Gasteiger partial charge in [0, 0.05) is 0 Å². The van der Waals surface area contributed by atoms with Crippen LogP contribution in [0.15, 0.2) is 0 Å². The number of aromatic nitrogens is 3. The van der Waals surface area contributed by atoms with Crippen molar-refractivity contribution in [3.8, 4) is 12.3 Å². The Bertz CT molecular complexity index is 262. The first kappa shape index (κ1) is 7.37. The van der Waals surface area contributed by atoms with E-state index >= 15 is 0 Å². The van der Waals surface area contributed by atoms with Crippen molar-refractivity contribution in [3.63, 3.8) is 0 Å². The minimum atomic E-state index is 0.147. The van der Waals surface area contributed by atoms with Crippen LogP contribution in [0.2, 0.25) is 0 Å². The van der Waals surface area contributed by atoms with E-state index in [9.17, 15) is 0 Å². The summed E-state index contributed by atoms with van der Waals surface area (Å²) in [6.07, 6.45) is 4.91. The Morgan fingerprint density at radius 3 is 3.18 bits per heavy atom. The predicted octanol–water partition coefficient (Wildman–Crippen LogP) is -0.636. The number of nitrogens with one attached hydrogen (secondary N) is 2. The highest BCUT2D eigenvalue weighted by atomic mass is 16.6. The van der Waals surface area contributed by atoms with Crippen molar-refractivity contribution < 1.29 is 4.84 Å². The summed E-state index contributed by atoms with van der Waals surface area (Å²) in [4.78, 5) is 8.38. The third kappa shape index (κ3) is 2.15. The van der Waals surface area contributed by atoms with Gasteiger partial charge >= 0.3 is 0 Å². The zero-order valence-corrected chi connectivity index (χ0v) is 5.66. The number of H-pyrrole nitrogens is 1. The molecule has 11 heavy (non-hydrogen) atoms. The smallest absolute Gasteiger partial charge is 0.267 e. The van der Waals surface area contributed by atoms with E-state index in [1.54, 1.807) is 0 Å². The second-order valence-electron chi connectivity index (χ2n) is 1.64. The van der Waals surface area contributed by atoms with E-state index in [0.29, 0.717) is 0 Å². The molecule has 1 heterocycles. The third-order valence-corrected chi connectivity index (χ3v) is 0.822. The van der Waals surface area contributed by atoms with Gasteiger partial charge in [-0.1, -0.05) is 5.92 Å². The summed E-state index contributed by atoms with van der Waals surface area (Å²) in [6.45, 7) is 0.147. The summed E-state index contributed by atoms with van der Waals surface area (Å²) in [5, 5.41) is 6.04. The van der Waals surface area contributed by atoms with Gasteiger partial charge in [-0.2, -0.15) is 4.98 Å². The number of terminal acetylenes is 1. The Hall–Kier alpha value is -1.74. The Labute approximate surface area is 63.1 Å². The monoisotopic (exact) mass is 153 g/mol. The van der Waals surface area contributed by atoms with Gasteiger partial charge in [-0.15, -0.1) is 11.5 Å². The molecule has 1 rings (SSSR count). The zero-order chi connectivity index (χ0) is 8.10. The molecule has 0 bridgehead atoms. The number of hydrogen-bond donors (Lipinski definition) is 3. The van der Waals surface area contributed by atoms with Gasteiger partial charge in [0.25, 0.3) is 5.95 Å². The summed E-state index contributed by atoms with van der Waals surface area (Å²) in [5.41, 5.74) is 7.61. The molecule has 0 atom stereocenters. The second kappa shape index (κ2) is 3.43. The second-order valence-corrected chi connectivity index (χ2v) is 1.64. The first-order valence-electron chi connectivity index (χ1n) is 2.82. The Balaban J connectivity index is 2.34. The lowest BCUT2D eigenvalue weighted by molar-refractivity contribution is 0.231. The highest BCUT2D eigenvalue weighted by Gasteiger charge is 1.96. The van der Waals surface area contributed by atoms with Crippen LogP contribution in [-0.4, -0.2) is 21.8 Å². The topological polar surface area (TPSA) is 88.8 Å². The van der Waals surface area contributed by atoms with E-state index in [1.807, 2.05) is 0 Å². The Morgan fingerprint density at radius 1 is 1.82 bits per heavy atom. The van der Waals surface area contributed by atoms with E-state index < -0.39 is 0 Å². The normalized spacial score (nSPS) is 9.00. The van der Waals surface area contributed by atoms with Crippen LogP contribution in [0.4, 0.5) is 11.9 Å². The van der Waals surface area contributed by atoms with E-state index in [4.69, 9.17) is 17.0 Å². The number of rotatable bonds is 3. The maximum Gasteiger partial charge on any atom is 0.267 e. The Kier molecular flexibility index (Phi) is 2.30. The number of aromatic amines is 1. The predicted molar refractivity (Wildman–Crippen MR) is 39.2 cm³/mol. The van der Waals surface area contributed by atoms with Crippen molar-refractivity contribution in [2.45, 2.75) is 0 Å². The minimum absolute atomic E-state index is 0.147. The molecule has 0 unspecified atom stereocenters. The van der Waals surface area contributed by atoms with Gasteiger partial charge in [0.15, 0.2) is 0 Å². The van der Waals surface area contributed by atoms with Crippen molar-refractivity contribution in [2.24, 2.45) is 0 Å². The van der Waals surface area contributed by atoms with Crippen molar-refractivity contribution >= 4 is 11.9 Å². The number of hydrogen-bond acceptors (Lipinski definition) is 5. The van der Waals surface area contributed by atoms with Crippen LogP contribution in [0.5, 0.6) is 0 Å². The SMILES string of the molecule is C#CCONc1n[nH]c(N)n1. The fourth-order valence-electron chi connectivity index (χ4n) is 0.462. The summed E-state index contributed by atoms with van der Waals surface area (Å²) in [6, 6.07) is 0. The van der Waals surface area contributed by atoms with Crippen molar-refractivity contribution in [2.75, 3.05) is 17.8 Å². The standard InChI is InChI=1S/C5H7N5O/c1-2-3-11-10-5-7-4(6)8-9-5/h1H,3H2,(H4,6,7,8,9,10). The van der Waals surface area contributed by atoms with Gasteiger partial charge in [0.2, 0.25) is 5.95 Å². The number of nitrogens with zero attached hydrogens (tertiary/aromatic N) is 2. The molecular formula is C5H7N5O. The molecule has 0 aliphatic carbocycles. The molecule has 0 spiro atoms. The summed E-state index contributed by atoms with van der Waals surface area (Å²) in [5.74, 6) is 2.74. The molecule has 6 heteroatoms. The molecule has 0 fully saturated rings. The largest absolute Gasteiger partial charge is 0.368 e. The molecule has 0 radical (unpaired) electrons. The molecule has 1 aromatic rings. The lowest BCUT2D eigenvalue weighted by Gasteiger charge is -1.95. The molecule has 4 N–H and O–H groups in total. The highest BCUT2D eigenvalue weighted by Crippen LogP contribution is 1.97. The molecule has 1 aromatic heterocycles. The fraction of sp³-hybridized carbons (Fsp3) is 0.200. The maximum absolute atomic E-state index is 5.22. The van der Waals surface area contributed by atoms with Crippen LogP contribution in [0, 0.1) is 12.3 Å².